The molecule has 0 radical (unpaired) electrons. The van der Waals surface area contributed by atoms with Crippen LogP contribution in [0.2, 0.25) is 0 Å². The molecule has 1 aromatic carbocycles. The zero-order chi connectivity index (χ0) is 17.9. The van der Waals surface area contributed by atoms with Crippen molar-refractivity contribution in [3.8, 4) is 5.75 Å². The Morgan fingerprint density at radius 2 is 1.96 bits per heavy atom. The monoisotopic (exact) mass is 462 g/mol. The van der Waals surface area contributed by atoms with Crippen LogP contribution in [0.4, 0.5) is 0 Å². The van der Waals surface area contributed by atoms with Crippen molar-refractivity contribution in [3.63, 3.8) is 0 Å². The Morgan fingerprint density at radius 3 is 2.56 bits per heavy atom. The second-order valence-electron chi connectivity index (χ2n) is 6.23. The van der Waals surface area contributed by atoms with Crippen molar-refractivity contribution in [1.82, 2.24) is 15.5 Å². The molecule has 1 rings (SSSR count). The van der Waals surface area contributed by atoms with Crippen LogP contribution in [0.3, 0.4) is 0 Å². The summed E-state index contributed by atoms with van der Waals surface area (Å²) in [7, 11) is 5.69. The Bertz CT molecular complexity index is 522. The summed E-state index contributed by atoms with van der Waals surface area (Å²) in [6, 6.07) is 6.89. The van der Waals surface area contributed by atoms with Gasteiger partial charge in [0, 0.05) is 32.7 Å². The van der Waals surface area contributed by atoms with Gasteiger partial charge in [-0.05, 0) is 45.4 Å². The van der Waals surface area contributed by atoms with Gasteiger partial charge in [-0.2, -0.15) is 0 Å². The van der Waals surface area contributed by atoms with E-state index in [0.717, 1.165) is 37.8 Å². The van der Waals surface area contributed by atoms with Gasteiger partial charge in [0.2, 0.25) is 0 Å². The Balaban J connectivity index is 0.00000576. The highest BCUT2D eigenvalue weighted by Gasteiger charge is 2.07. The number of guanidine groups is 1. The molecular weight excluding hydrogens is 427 g/mol. The van der Waals surface area contributed by atoms with Crippen molar-refractivity contribution >= 4 is 29.9 Å². The number of rotatable bonds is 9. The largest absolute Gasteiger partial charge is 0.496 e. The van der Waals surface area contributed by atoms with E-state index in [4.69, 9.17) is 4.74 Å². The van der Waals surface area contributed by atoms with Gasteiger partial charge in [0.1, 0.15) is 5.75 Å². The second kappa shape index (κ2) is 13.2. The number of benzene rings is 1. The van der Waals surface area contributed by atoms with Gasteiger partial charge >= 0.3 is 0 Å². The normalized spacial score (nSPS) is 12.5. The van der Waals surface area contributed by atoms with Crippen molar-refractivity contribution in [2.75, 3.05) is 40.8 Å². The molecule has 0 spiro atoms. The highest BCUT2D eigenvalue weighted by atomic mass is 127. The minimum atomic E-state index is 0. The van der Waals surface area contributed by atoms with E-state index < -0.39 is 0 Å². The smallest absolute Gasteiger partial charge is 0.191 e. The van der Waals surface area contributed by atoms with Gasteiger partial charge < -0.3 is 20.3 Å². The van der Waals surface area contributed by atoms with Crippen LogP contribution in [0.5, 0.6) is 5.75 Å². The summed E-state index contributed by atoms with van der Waals surface area (Å²) in [4.78, 5) is 6.64. The number of methoxy groups -OCH3 is 1. The van der Waals surface area contributed by atoms with E-state index in [0.29, 0.717) is 6.04 Å². The van der Waals surface area contributed by atoms with Gasteiger partial charge in [0.25, 0.3) is 0 Å². The van der Waals surface area contributed by atoms with Gasteiger partial charge in [-0.1, -0.05) is 24.6 Å². The van der Waals surface area contributed by atoms with Crippen molar-refractivity contribution in [1.29, 1.82) is 0 Å². The van der Waals surface area contributed by atoms with Gasteiger partial charge in [-0.3, -0.25) is 4.99 Å². The predicted molar refractivity (Wildman–Crippen MR) is 119 cm³/mol. The molecule has 1 unspecified atom stereocenters. The Kier molecular flexibility index (Phi) is 12.7. The third-order valence-corrected chi connectivity index (χ3v) is 4.45. The number of aryl methyl sites for hydroxylation is 1. The maximum Gasteiger partial charge on any atom is 0.191 e. The van der Waals surface area contributed by atoms with E-state index in [-0.39, 0.29) is 24.0 Å². The van der Waals surface area contributed by atoms with Crippen LogP contribution < -0.4 is 15.4 Å². The highest BCUT2D eigenvalue weighted by molar-refractivity contribution is 14.0. The number of hydrogen-bond acceptors (Lipinski definition) is 3. The zero-order valence-corrected chi connectivity index (χ0v) is 18.9. The fraction of sp³-hybridized carbons (Fsp3) is 0.632. The van der Waals surface area contributed by atoms with Crippen LogP contribution in [0.25, 0.3) is 0 Å². The molecule has 0 bridgehead atoms. The van der Waals surface area contributed by atoms with Gasteiger partial charge in [0.05, 0.1) is 7.11 Å². The van der Waals surface area contributed by atoms with E-state index in [1.165, 1.54) is 17.5 Å². The third kappa shape index (κ3) is 8.76. The Hall–Kier alpha value is -1.02. The maximum atomic E-state index is 5.43. The molecule has 0 heterocycles. The van der Waals surface area contributed by atoms with E-state index >= 15 is 0 Å². The van der Waals surface area contributed by atoms with Crippen LogP contribution in [0.1, 0.15) is 31.4 Å². The highest BCUT2D eigenvalue weighted by Crippen LogP contribution is 2.19. The first-order valence-electron chi connectivity index (χ1n) is 8.80. The number of aliphatic imine (C=N–C) groups is 1. The fourth-order valence-electron chi connectivity index (χ4n) is 2.52. The molecule has 5 nitrogen and oxygen atoms in total. The molecule has 2 N–H and O–H groups in total. The molecule has 0 aliphatic heterocycles. The molecule has 0 amide bonds. The van der Waals surface area contributed by atoms with Crippen LogP contribution in [0, 0.1) is 6.92 Å². The van der Waals surface area contributed by atoms with Crippen LogP contribution in [-0.2, 0) is 6.42 Å². The zero-order valence-electron chi connectivity index (χ0n) is 16.6. The fourth-order valence-corrected chi connectivity index (χ4v) is 2.52. The standard InChI is InChI=1S/C19H34N4O.HI/c1-7-16(3)23(5)13-12-22-19(20-4)21-11-10-17-14-15(2)8-9-18(17)24-6;/h8-9,14,16H,7,10-13H2,1-6H3,(H2,20,21,22);1H. The third-order valence-electron chi connectivity index (χ3n) is 4.45. The van der Waals surface area contributed by atoms with Crippen molar-refractivity contribution < 1.29 is 4.74 Å². The number of ether oxygens (including phenoxy) is 1. The molecule has 0 aliphatic rings. The topological polar surface area (TPSA) is 48.9 Å². The van der Waals surface area contributed by atoms with Crippen molar-refractivity contribution in [3.05, 3.63) is 29.3 Å². The lowest BCUT2D eigenvalue weighted by molar-refractivity contribution is 0.255. The summed E-state index contributed by atoms with van der Waals surface area (Å²) in [5.41, 5.74) is 2.47. The van der Waals surface area contributed by atoms with Crippen molar-refractivity contribution in [2.24, 2.45) is 4.99 Å². The Morgan fingerprint density at radius 1 is 1.28 bits per heavy atom. The summed E-state index contributed by atoms with van der Waals surface area (Å²) in [5.74, 6) is 1.79. The molecule has 0 aliphatic carbocycles. The second-order valence-corrected chi connectivity index (χ2v) is 6.23. The van der Waals surface area contributed by atoms with Gasteiger partial charge in [-0.25, -0.2) is 0 Å². The molecular formula is C19H35IN4O. The molecule has 1 aromatic rings. The first-order chi connectivity index (χ1) is 11.5. The van der Waals surface area contributed by atoms with Crippen LogP contribution in [-0.4, -0.2) is 57.7 Å². The molecule has 1 atom stereocenters. The lowest BCUT2D eigenvalue weighted by Crippen LogP contribution is -2.42. The van der Waals surface area contributed by atoms with E-state index in [9.17, 15) is 0 Å². The van der Waals surface area contributed by atoms with Gasteiger partial charge in [-0.15, -0.1) is 24.0 Å². The average Bonchev–Trinajstić information content (AvgIpc) is 2.59. The lowest BCUT2D eigenvalue weighted by atomic mass is 10.1. The van der Waals surface area contributed by atoms with Crippen LogP contribution >= 0.6 is 24.0 Å². The first-order valence-corrected chi connectivity index (χ1v) is 8.80. The Labute approximate surface area is 170 Å². The number of nitrogens with zero attached hydrogens (tertiary/aromatic N) is 2. The molecule has 0 saturated carbocycles. The molecule has 0 aromatic heterocycles. The van der Waals surface area contributed by atoms with Crippen molar-refractivity contribution in [2.45, 2.75) is 39.7 Å². The lowest BCUT2D eigenvalue weighted by Gasteiger charge is -2.24. The minimum absolute atomic E-state index is 0. The minimum Gasteiger partial charge on any atom is -0.496 e. The summed E-state index contributed by atoms with van der Waals surface area (Å²) >= 11 is 0. The first kappa shape index (κ1) is 24.0. The summed E-state index contributed by atoms with van der Waals surface area (Å²) in [6.07, 6.45) is 2.07. The summed E-state index contributed by atoms with van der Waals surface area (Å²) in [6.45, 7) is 9.28. The molecule has 0 saturated heterocycles. The van der Waals surface area contributed by atoms with E-state index in [1.807, 2.05) is 6.07 Å². The molecule has 25 heavy (non-hydrogen) atoms. The molecule has 6 heteroatoms. The predicted octanol–water partition coefficient (Wildman–Crippen LogP) is 3.06. The van der Waals surface area contributed by atoms with E-state index in [1.54, 1.807) is 14.2 Å². The quantitative estimate of drug-likeness (QED) is 0.337. The summed E-state index contributed by atoms with van der Waals surface area (Å²) < 4.78 is 5.43. The maximum absolute atomic E-state index is 5.43. The molecule has 144 valence electrons. The number of likely N-dealkylation sites (N-methyl/N-ethyl adjacent to an activating group) is 1. The molecule has 0 fully saturated rings. The van der Waals surface area contributed by atoms with Gasteiger partial charge in [0.15, 0.2) is 5.96 Å². The van der Waals surface area contributed by atoms with Crippen LogP contribution in [0.15, 0.2) is 23.2 Å². The SMILES string of the molecule is CCC(C)N(C)CCNC(=NC)NCCc1cc(C)ccc1OC.I. The van der Waals surface area contributed by atoms with E-state index in [2.05, 4.69) is 60.5 Å². The number of halogens is 1. The summed E-state index contributed by atoms with van der Waals surface area (Å²) in [5, 5.41) is 6.74. The average molecular weight is 462 g/mol. The number of hydrogen-bond donors (Lipinski definition) is 2. The number of nitrogens with one attached hydrogen (secondary N) is 2.